The Balaban J connectivity index is 1.73. The summed E-state index contributed by atoms with van der Waals surface area (Å²) in [6.07, 6.45) is 0. The van der Waals surface area contributed by atoms with Crippen LogP contribution in [0.3, 0.4) is 0 Å². The molecule has 1 amide bonds. The quantitative estimate of drug-likeness (QED) is 0.485. The van der Waals surface area contributed by atoms with Crippen molar-refractivity contribution in [2.45, 2.75) is 27.3 Å². The molecule has 2 aromatic carbocycles. The minimum atomic E-state index is -0.545. The first-order valence-electron chi connectivity index (χ1n) is 10.2. The number of nitrogens with one attached hydrogen (secondary N) is 1. The van der Waals surface area contributed by atoms with Crippen LogP contribution in [0.4, 0.5) is 5.69 Å². The molecule has 2 aromatic heterocycles. The van der Waals surface area contributed by atoms with Crippen molar-refractivity contribution in [3.63, 3.8) is 0 Å². The van der Waals surface area contributed by atoms with Gasteiger partial charge in [0, 0.05) is 5.69 Å². The highest BCUT2D eigenvalue weighted by molar-refractivity contribution is 7.17. The van der Waals surface area contributed by atoms with Crippen molar-refractivity contribution in [3.8, 4) is 11.4 Å². The van der Waals surface area contributed by atoms with Crippen LogP contribution in [0.1, 0.15) is 18.1 Å². The molecule has 0 aliphatic rings. The fraction of sp³-hybridized carbons (Fsp3) is 0.208. The first-order valence-corrected chi connectivity index (χ1v) is 11.1. The summed E-state index contributed by atoms with van der Waals surface area (Å²) in [5.74, 6) is 0.345. The van der Waals surface area contributed by atoms with Gasteiger partial charge in [0.25, 0.3) is 5.56 Å². The van der Waals surface area contributed by atoms with Crippen LogP contribution in [0, 0.1) is 13.8 Å². The summed E-state index contributed by atoms with van der Waals surface area (Å²) < 4.78 is 8.35. The Kier molecular flexibility index (Phi) is 5.96. The van der Waals surface area contributed by atoms with Gasteiger partial charge in [-0.15, -0.1) is 11.3 Å². The van der Waals surface area contributed by atoms with Crippen LogP contribution in [-0.2, 0) is 11.3 Å². The number of thiophene rings is 1. The minimum absolute atomic E-state index is 0.218. The number of aryl methyl sites for hydroxylation is 2. The molecule has 0 spiro atoms. The van der Waals surface area contributed by atoms with E-state index in [9.17, 15) is 14.4 Å². The molecule has 7 nitrogen and oxygen atoms in total. The van der Waals surface area contributed by atoms with Gasteiger partial charge < -0.3 is 10.1 Å². The summed E-state index contributed by atoms with van der Waals surface area (Å²) in [4.78, 5) is 39.3. The first-order chi connectivity index (χ1) is 15.4. The molecule has 0 fully saturated rings. The molecule has 0 aliphatic carbocycles. The van der Waals surface area contributed by atoms with Crippen molar-refractivity contribution in [3.05, 3.63) is 85.9 Å². The van der Waals surface area contributed by atoms with E-state index >= 15 is 0 Å². The van der Waals surface area contributed by atoms with Crippen molar-refractivity contribution >= 4 is 33.1 Å². The van der Waals surface area contributed by atoms with Crippen LogP contribution in [0.5, 0.6) is 5.75 Å². The van der Waals surface area contributed by atoms with Crippen LogP contribution in [0.15, 0.2) is 63.5 Å². The average molecular weight is 450 g/mol. The number of aromatic nitrogens is 2. The molecule has 0 radical (unpaired) electrons. The maximum Gasteiger partial charge on any atom is 0.336 e. The number of rotatable bonds is 6. The van der Waals surface area contributed by atoms with Gasteiger partial charge in [-0.25, -0.2) is 9.36 Å². The average Bonchev–Trinajstić information content (AvgIpc) is 3.25. The van der Waals surface area contributed by atoms with Crippen molar-refractivity contribution in [1.29, 1.82) is 0 Å². The van der Waals surface area contributed by atoms with E-state index in [-0.39, 0.29) is 18.0 Å². The largest absolute Gasteiger partial charge is 0.494 e. The van der Waals surface area contributed by atoms with Gasteiger partial charge in [-0.05, 0) is 73.7 Å². The van der Waals surface area contributed by atoms with Crippen molar-refractivity contribution in [2.75, 3.05) is 11.9 Å². The number of anilines is 1. The van der Waals surface area contributed by atoms with Gasteiger partial charge in [0.15, 0.2) is 0 Å². The number of amides is 1. The molecule has 164 valence electrons. The molecule has 0 atom stereocenters. The zero-order valence-electron chi connectivity index (χ0n) is 18.0. The Morgan fingerprint density at radius 1 is 1.06 bits per heavy atom. The fourth-order valence-corrected chi connectivity index (χ4v) is 4.38. The number of fused-ring (bicyclic) bond motifs is 1. The minimum Gasteiger partial charge on any atom is -0.494 e. The van der Waals surface area contributed by atoms with E-state index in [4.69, 9.17) is 4.74 Å². The fourth-order valence-electron chi connectivity index (χ4n) is 3.56. The van der Waals surface area contributed by atoms with E-state index in [1.807, 2.05) is 39.0 Å². The van der Waals surface area contributed by atoms with Crippen LogP contribution in [0.2, 0.25) is 0 Å². The Morgan fingerprint density at radius 3 is 2.53 bits per heavy atom. The van der Waals surface area contributed by atoms with Crippen molar-refractivity contribution in [2.24, 2.45) is 0 Å². The molecule has 8 heteroatoms. The second-order valence-corrected chi connectivity index (χ2v) is 8.36. The lowest BCUT2D eigenvalue weighted by atomic mass is 10.1. The standard InChI is InChI=1S/C24H23N3O4S/c1-4-31-18-9-7-17(8-10-18)25-21(28)14-26-19-11-12-32-22(19)23(29)27(24(26)30)20-13-15(2)5-6-16(20)3/h5-13H,4,14H2,1-3H3,(H,25,28). The van der Waals surface area contributed by atoms with E-state index in [2.05, 4.69) is 5.32 Å². The number of carbonyl (C=O) groups is 1. The number of hydrogen-bond donors (Lipinski definition) is 1. The lowest BCUT2D eigenvalue weighted by Crippen LogP contribution is -2.40. The molecule has 1 N–H and O–H groups in total. The molecule has 4 rings (SSSR count). The SMILES string of the molecule is CCOc1ccc(NC(=O)Cn2c(=O)n(-c3cc(C)ccc3C)c(=O)c3sccc32)cc1. The number of carbonyl (C=O) groups excluding carboxylic acids is 1. The highest BCUT2D eigenvalue weighted by Crippen LogP contribution is 2.19. The summed E-state index contributed by atoms with van der Waals surface area (Å²) in [6.45, 7) is 5.99. The van der Waals surface area contributed by atoms with Crippen molar-refractivity contribution in [1.82, 2.24) is 9.13 Å². The smallest absolute Gasteiger partial charge is 0.336 e. The molecule has 2 heterocycles. The third-order valence-corrected chi connectivity index (χ3v) is 6.00. The van der Waals surface area contributed by atoms with Crippen LogP contribution in [-0.4, -0.2) is 21.6 Å². The lowest BCUT2D eigenvalue weighted by Gasteiger charge is -2.14. The Hall–Kier alpha value is -3.65. The predicted octanol–water partition coefficient (Wildman–Crippen LogP) is 3.87. The van der Waals surface area contributed by atoms with E-state index in [0.29, 0.717) is 33.9 Å². The van der Waals surface area contributed by atoms with Gasteiger partial charge in [-0.3, -0.25) is 14.2 Å². The predicted molar refractivity (Wildman–Crippen MR) is 127 cm³/mol. The summed E-state index contributed by atoms with van der Waals surface area (Å²) in [7, 11) is 0. The third-order valence-electron chi connectivity index (χ3n) is 5.11. The van der Waals surface area contributed by atoms with Gasteiger partial charge in [0.05, 0.1) is 17.8 Å². The zero-order valence-corrected chi connectivity index (χ0v) is 18.9. The first kappa shape index (κ1) is 21.6. The summed E-state index contributed by atoms with van der Waals surface area (Å²) in [6, 6.07) is 14.3. The van der Waals surface area contributed by atoms with Gasteiger partial charge >= 0.3 is 5.69 Å². The maximum atomic E-state index is 13.4. The normalized spacial score (nSPS) is 11.0. The molecule has 0 saturated heterocycles. The number of ether oxygens (including phenoxy) is 1. The van der Waals surface area contributed by atoms with Gasteiger partial charge in [0.2, 0.25) is 5.91 Å². The third kappa shape index (κ3) is 4.09. The summed E-state index contributed by atoms with van der Waals surface area (Å²) in [5, 5.41) is 4.55. The highest BCUT2D eigenvalue weighted by Gasteiger charge is 2.18. The topological polar surface area (TPSA) is 82.3 Å². The Labute approximate surface area is 188 Å². The molecular formula is C24H23N3O4S. The Bertz CT molecular complexity index is 1410. The van der Waals surface area contributed by atoms with Crippen LogP contribution < -0.4 is 21.3 Å². The van der Waals surface area contributed by atoms with Gasteiger partial charge in [-0.1, -0.05) is 12.1 Å². The Morgan fingerprint density at radius 2 is 1.81 bits per heavy atom. The molecule has 0 aliphatic heterocycles. The summed E-state index contributed by atoms with van der Waals surface area (Å²) >= 11 is 1.25. The molecular weight excluding hydrogens is 426 g/mol. The molecule has 0 unspecified atom stereocenters. The van der Waals surface area contributed by atoms with E-state index in [0.717, 1.165) is 15.7 Å². The molecule has 4 aromatic rings. The van der Waals surface area contributed by atoms with Gasteiger partial charge in [-0.2, -0.15) is 0 Å². The van der Waals surface area contributed by atoms with E-state index in [1.54, 1.807) is 35.7 Å². The molecule has 0 saturated carbocycles. The number of benzene rings is 2. The van der Waals surface area contributed by atoms with E-state index < -0.39 is 5.69 Å². The maximum absolute atomic E-state index is 13.4. The number of hydrogen-bond acceptors (Lipinski definition) is 5. The second kappa shape index (κ2) is 8.84. The monoisotopic (exact) mass is 449 g/mol. The van der Waals surface area contributed by atoms with Gasteiger partial charge in [0.1, 0.15) is 17.0 Å². The zero-order chi connectivity index (χ0) is 22.8. The van der Waals surface area contributed by atoms with E-state index in [1.165, 1.54) is 15.9 Å². The van der Waals surface area contributed by atoms with Crippen molar-refractivity contribution < 1.29 is 9.53 Å². The number of nitrogens with zero attached hydrogens (tertiary/aromatic N) is 2. The molecule has 32 heavy (non-hydrogen) atoms. The molecule has 0 bridgehead atoms. The summed E-state index contributed by atoms with van der Waals surface area (Å²) in [5.41, 5.74) is 2.38. The van der Waals surface area contributed by atoms with Crippen LogP contribution in [0.25, 0.3) is 15.9 Å². The van der Waals surface area contributed by atoms with Crippen LogP contribution >= 0.6 is 11.3 Å². The lowest BCUT2D eigenvalue weighted by molar-refractivity contribution is -0.116. The second-order valence-electron chi connectivity index (χ2n) is 7.44. The highest BCUT2D eigenvalue weighted by atomic mass is 32.1.